The third kappa shape index (κ3) is 3.22. The first-order valence-corrected chi connectivity index (χ1v) is 6.34. The van der Waals surface area contributed by atoms with Crippen LogP contribution in [-0.2, 0) is 6.54 Å². The molecular formula is C15H14N2O4. The second kappa shape index (κ2) is 5.70. The fourth-order valence-electron chi connectivity index (χ4n) is 2.03. The summed E-state index contributed by atoms with van der Waals surface area (Å²) in [5.74, 6) is -0.251. The predicted octanol–water partition coefficient (Wildman–Crippen LogP) is 2.26. The summed E-state index contributed by atoms with van der Waals surface area (Å²) in [5, 5.41) is 10.7. The topological polar surface area (TPSA) is 82.2 Å². The first-order valence-electron chi connectivity index (χ1n) is 6.34. The Morgan fingerprint density at radius 2 is 1.95 bits per heavy atom. The van der Waals surface area contributed by atoms with Gasteiger partial charge in [-0.3, -0.25) is 19.7 Å². The van der Waals surface area contributed by atoms with Crippen LogP contribution in [0.5, 0.6) is 0 Å². The molecule has 1 aromatic heterocycles. The monoisotopic (exact) mass is 286 g/mol. The largest absolute Gasteiger partial charge is 0.301 e. The number of hydrogen-bond donors (Lipinski definition) is 0. The van der Waals surface area contributed by atoms with Gasteiger partial charge in [-0.25, -0.2) is 0 Å². The third-order valence-corrected chi connectivity index (χ3v) is 3.19. The molecule has 0 aliphatic heterocycles. The van der Waals surface area contributed by atoms with E-state index >= 15 is 0 Å². The number of aromatic nitrogens is 1. The van der Waals surface area contributed by atoms with Crippen LogP contribution in [0.2, 0.25) is 0 Å². The molecule has 108 valence electrons. The first-order chi connectivity index (χ1) is 9.88. The van der Waals surface area contributed by atoms with Crippen molar-refractivity contribution in [3.05, 3.63) is 73.7 Å². The van der Waals surface area contributed by atoms with Gasteiger partial charge in [0.2, 0.25) is 0 Å². The molecule has 2 aromatic rings. The number of rotatable bonds is 4. The van der Waals surface area contributed by atoms with Gasteiger partial charge in [-0.1, -0.05) is 17.7 Å². The molecule has 0 amide bonds. The molecule has 1 heterocycles. The number of benzene rings is 1. The molecule has 0 N–H and O–H groups in total. The van der Waals surface area contributed by atoms with Crippen LogP contribution in [-0.4, -0.2) is 15.3 Å². The maximum Gasteiger partial charge on any atom is 0.285 e. The van der Waals surface area contributed by atoms with Gasteiger partial charge < -0.3 is 4.57 Å². The van der Waals surface area contributed by atoms with E-state index in [1.165, 1.54) is 0 Å². The summed E-state index contributed by atoms with van der Waals surface area (Å²) in [6.45, 7) is 3.46. The van der Waals surface area contributed by atoms with E-state index in [1.54, 1.807) is 6.07 Å². The van der Waals surface area contributed by atoms with E-state index in [0.717, 1.165) is 34.0 Å². The van der Waals surface area contributed by atoms with E-state index in [9.17, 15) is 19.7 Å². The lowest BCUT2D eigenvalue weighted by Crippen LogP contribution is -2.23. The van der Waals surface area contributed by atoms with Gasteiger partial charge >= 0.3 is 0 Å². The highest BCUT2D eigenvalue weighted by molar-refractivity contribution is 5.97. The summed E-state index contributed by atoms with van der Waals surface area (Å²) < 4.78 is 1.06. The van der Waals surface area contributed by atoms with Crippen LogP contribution in [0.4, 0.5) is 5.69 Å². The number of hydrogen-bond acceptors (Lipinski definition) is 4. The van der Waals surface area contributed by atoms with E-state index in [-0.39, 0.29) is 18.0 Å². The molecule has 6 heteroatoms. The molecule has 0 aliphatic rings. The SMILES string of the molecule is Cc1ccc(C)c(C(=O)Cn2cc([N+](=O)[O-])ccc2=O)c1. The molecule has 2 rings (SSSR count). The first kappa shape index (κ1) is 14.6. The van der Waals surface area contributed by atoms with E-state index in [1.807, 2.05) is 26.0 Å². The van der Waals surface area contributed by atoms with Crippen molar-refractivity contribution in [3.8, 4) is 0 Å². The Bertz CT molecular complexity index is 777. The molecule has 0 unspecified atom stereocenters. The zero-order valence-corrected chi connectivity index (χ0v) is 11.7. The lowest BCUT2D eigenvalue weighted by molar-refractivity contribution is -0.385. The summed E-state index contributed by atoms with van der Waals surface area (Å²) in [7, 11) is 0. The zero-order chi connectivity index (χ0) is 15.6. The number of carbonyl (C=O) groups is 1. The molecule has 0 radical (unpaired) electrons. The maximum absolute atomic E-state index is 12.3. The fraction of sp³-hybridized carbons (Fsp3) is 0.200. The molecule has 0 saturated heterocycles. The molecule has 0 bridgehead atoms. The van der Waals surface area contributed by atoms with Crippen molar-refractivity contribution in [2.75, 3.05) is 0 Å². The number of carbonyl (C=O) groups excluding carboxylic acids is 1. The lowest BCUT2D eigenvalue weighted by atomic mass is 10.0. The van der Waals surface area contributed by atoms with Gasteiger partial charge in [-0.05, 0) is 25.5 Å². The van der Waals surface area contributed by atoms with Crippen LogP contribution in [0, 0.1) is 24.0 Å². The molecule has 0 fully saturated rings. The lowest BCUT2D eigenvalue weighted by Gasteiger charge is -2.08. The molecule has 21 heavy (non-hydrogen) atoms. The van der Waals surface area contributed by atoms with Gasteiger partial charge in [0.25, 0.3) is 11.2 Å². The summed E-state index contributed by atoms with van der Waals surface area (Å²) in [4.78, 5) is 34.1. The molecule has 0 atom stereocenters. The van der Waals surface area contributed by atoms with Crippen LogP contribution in [0.25, 0.3) is 0 Å². The van der Waals surface area contributed by atoms with Gasteiger partial charge in [0.15, 0.2) is 5.78 Å². The molecular weight excluding hydrogens is 272 g/mol. The number of aryl methyl sites for hydroxylation is 2. The quantitative estimate of drug-likeness (QED) is 0.490. The van der Waals surface area contributed by atoms with Gasteiger partial charge in [0.1, 0.15) is 0 Å². The van der Waals surface area contributed by atoms with E-state index in [4.69, 9.17) is 0 Å². The van der Waals surface area contributed by atoms with Crippen molar-refractivity contribution in [1.82, 2.24) is 4.57 Å². The fourth-order valence-corrected chi connectivity index (χ4v) is 2.03. The van der Waals surface area contributed by atoms with Crippen LogP contribution in [0.1, 0.15) is 21.5 Å². The standard InChI is InChI=1S/C15H14N2O4/c1-10-3-4-11(2)13(7-10)14(18)9-16-8-12(17(20)21)5-6-15(16)19/h3-8H,9H2,1-2H3. The second-order valence-corrected chi connectivity index (χ2v) is 4.85. The van der Waals surface area contributed by atoms with Crippen molar-refractivity contribution in [2.24, 2.45) is 0 Å². The highest BCUT2D eigenvalue weighted by Gasteiger charge is 2.13. The summed E-state index contributed by atoms with van der Waals surface area (Å²) in [6, 6.07) is 7.69. The minimum atomic E-state index is -0.599. The Morgan fingerprint density at radius 1 is 1.24 bits per heavy atom. The Labute approximate surface area is 120 Å². The van der Waals surface area contributed by atoms with Gasteiger partial charge in [-0.2, -0.15) is 0 Å². The van der Waals surface area contributed by atoms with Gasteiger partial charge in [0, 0.05) is 17.7 Å². The van der Waals surface area contributed by atoms with Crippen molar-refractivity contribution in [3.63, 3.8) is 0 Å². The average molecular weight is 286 g/mol. The number of nitrogens with zero attached hydrogens (tertiary/aromatic N) is 2. The van der Waals surface area contributed by atoms with E-state index in [0.29, 0.717) is 5.56 Å². The van der Waals surface area contributed by atoms with Gasteiger partial charge in [0.05, 0.1) is 17.7 Å². The normalized spacial score (nSPS) is 10.4. The van der Waals surface area contributed by atoms with E-state index in [2.05, 4.69) is 0 Å². The van der Waals surface area contributed by atoms with Crippen LogP contribution >= 0.6 is 0 Å². The predicted molar refractivity (Wildman–Crippen MR) is 77.6 cm³/mol. The smallest absolute Gasteiger partial charge is 0.285 e. The van der Waals surface area contributed by atoms with Crippen molar-refractivity contribution in [2.45, 2.75) is 20.4 Å². The van der Waals surface area contributed by atoms with Crippen molar-refractivity contribution >= 4 is 11.5 Å². The van der Waals surface area contributed by atoms with Crippen molar-refractivity contribution in [1.29, 1.82) is 0 Å². The molecule has 0 aliphatic carbocycles. The minimum Gasteiger partial charge on any atom is -0.301 e. The number of ketones is 1. The Kier molecular flexibility index (Phi) is 3.98. The van der Waals surface area contributed by atoms with Crippen LogP contribution in [0.3, 0.4) is 0 Å². The summed E-state index contributed by atoms with van der Waals surface area (Å²) in [6.07, 6.45) is 1.09. The molecule has 6 nitrogen and oxygen atoms in total. The molecule has 1 aromatic carbocycles. The summed E-state index contributed by atoms with van der Waals surface area (Å²) in [5.41, 5.74) is 1.61. The third-order valence-electron chi connectivity index (χ3n) is 3.19. The maximum atomic E-state index is 12.3. The average Bonchev–Trinajstić information content (AvgIpc) is 2.43. The van der Waals surface area contributed by atoms with E-state index < -0.39 is 10.5 Å². The van der Waals surface area contributed by atoms with Gasteiger partial charge in [-0.15, -0.1) is 0 Å². The highest BCUT2D eigenvalue weighted by atomic mass is 16.6. The zero-order valence-electron chi connectivity index (χ0n) is 11.7. The Balaban J connectivity index is 2.35. The van der Waals surface area contributed by atoms with Crippen molar-refractivity contribution < 1.29 is 9.72 Å². The second-order valence-electron chi connectivity index (χ2n) is 4.85. The number of Topliss-reactive ketones (excluding diaryl/α,β-unsaturated/α-hetero) is 1. The number of nitro groups is 1. The highest BCUT2D eigenvalue weighted by Crippen LogP contribution is 2.13. The van der Waals surface area contributed by atoms with Crippen LogP contribution < -0.4 is 5.56 Å². The molecule has 0 spiro atoms. The summed E-state index contributed by atoms with van der Waals surface area (Å²) >= 11 is 0. The Morgan fingerprint density at radius 3 is 2.62 bits per heavy atom. The van der Waals surface area contributed by atoms with Crippen LogP contribution in [0.15, 0.2) is 41.3 Å². The Hall–Kier alpha value is -2.76. The molecule has 0 saturated carbocycles. The minimum absolute atomic E-state index is 0.217. The number of pyridine rings is 1.